The van der Waals surface area contributed by atoms with Gasteiger partial charge in [0.15, 0.2) is 0 Å². The molecule has 6 heteroatoms. The van der Waals surface area contributed by atoms with E-state index in [1.807, 2.05) is 13.8 Å². The molecule has 0 aliphatic rings. The van der Waals surface area contributed by atoms with Crippen LogP contribution in [0.4, 0.5) is 11.4 Å². The van der Waals surface area contributed by atoms with Crippen LogP contribution in [0, 0.1) is 10.1 Å². The highest BCUT2D eigenvalue weighted by molar-refractivity contribution is 5.96. The summed E-state index contributed by atoms with van der Waals surface area (Å²) in [6, 6.07) is 4.39. The molecule has 0 spiro atoms. The van der Waals surface area contributed by atoms with Gasteiger partial charge in [0, 0.05) is 31.8 Å². The van der Waals surface area contributed by atoms with Crippen LogP contribution in [-0.2, 0) is 0 Å². The summed E-state index contributed by atoms with van der Waals surface area (Å²) in [5, 5.41) is 13.5. The van der Waals surface area contributed by atoms with Crippen LogP contribution in [0.3, 0.4) is 0 Å². The number of nitrogens with zero attached hydrogens (tertiary/aromatic N) is 2. The molecule has 0 heterocycles. The summed E-state index contributed by atoms with van der Waals surface area (Å²) < 4.78 is 0. The highest BCUT2D eigenvalue weighted by Gasteiger charge is 2.19. The maximum Gasteiger partial charge on any atom is 0.292 e. The summed E-state index contributed by atoms with van der Waals surface area (Å²) in [6.07, 6.45) is 0. The van der Waals surface area contributed by atoms with Crippen LogP contribution in [0.1, 0.15) is 24.2 Å². The molecule has 1 N–H and O–H groups in total. The van der Waals surface area contributed by atoms with Crippen molar-refractivity contribution in [2.45, 2.75) is 19.9 Å². The number of carbonyl (C=O) groups is 1. The summed E-state index contributed by atoms with van der Waals surface area (Å²) in [4.78, 5) is 23.9. The third kappa shape index (κ3) is 2.77. The van der Waals surface area contributed by atoms with Crippen LogP contribution in [0.5, 0.6) is 0 Å². The Morgan fingerprint density at radius 3 is 2.50 bits per heavy atom. The first-order valence-electron chi connectivity index (χ1n) is 5.61. The Hall–Kier alpha value is -2.11. The van der Waals surface area contributed by atoms with Gasteiger partial charge in [-0.1, -0.05) is 0 Å². The van der Waals surface area contributed by atoms with Gasteiger partial charge < -0.3 is 10.2 Å². The van der Waals surface area contributed by atoms with E-state index in [9.17, 15) is 14.9 Å². The molecule has 0 aliphatic carbocycles. The Morgan fingerprint density at radius 1 is 1.44 bits per heavy atom. The second-order valence-corrected chi connectivity index (χ2v) is 4.25. The number of amides is 1. The molecule has 0 saturated carbocycles. The van der Waals surface area contributed by atoms with Crippen LogP contribution in [-0.4, -0.2) is 35.9 Å². The minimum absolute atomic E-state index is 0.0405. The number of hydrogen-bond acceptors (Lipinski definition) is 4. The molecule has 98 valence electrons. The zero-order valence-corrected chi connectivity index (χ0v) is 10.9. The summed E-state index contributed by atoms with van der Waals surface area (Å²) in [5.41, 5.74) is 0.727. The number of rotatable bonds is 4. The van der Waals surface area contributed by atoms with Crippen LogP contribution in [0.15, 0.2) is 18.2 Å². The maximum absolute atomic E-state index is 12.1. The molecule has 0 radical (unpaired) electrons. The van der Waals surface area contributed by atoms with Crippen molar-refractivity contribution in [3.8, 4) is 0 Å². The topological polar surface area (TPSA) is 75.5 Å². The van der Waals surface area contributed by atoms with E-state index in [0.717, 1.165) is 0 Å². The molecule has 0 unspecified atom stereocenters. The van der Waals surface area contributed by atoms with Crippen molar-refractivity contribution in [2.75, 3.05) is 19.4 Å². The highest BCUT2D eigenvalue weighted by atomic mass is 16.6. The molecular formula is C12H17N3O3. The van der Waals surface area contributed by atoms with Gasteiger partial charge in [0.25, 0.3) is 11.6 Å². The van der Waals surface area contributed by atoms with E-state index in [4.69, 9.17) is 0 Å². The van der Waals surface area contributed by atoms with Crippen molar-refractivity contribution in [3.05, 3.63) is 33.9 Å². The largest absolute Gasteiger partial charge is 0.383 e. The van der Waals surface area contributed by atoms with Gasteiger partial charge in [0.1, 0.15) is 5.69 Å². The van der Waals surface area contributed by atoms with E-state index in [-0.39, 0.29) is 17.6 Å². The smallest absolute Gasteiger partial charge is 0.292 e. The minimum atomic E-state index is -0.480. The Morgan fingerprint density at radius 2 is 2.06 bits per heavy atom. The van der Waals surface area contributed by atoms with E-state index in [0.29, 0.717) is 11.3 Å². The molecule has 1 rings (SSSR count). The Labute approximate surface area is 106 Å². The average Bonchev–Trinajstić information content (AvgIpc) is 2.35. The number of hydrogen-bond donors (Lipinski definition) is 1. The summed E-state index contributed by atoms with van der Waals surface area (Å²) in [6.45, 7) is 3.81. The second-order valence-electron chi connectivity index (χ2n) is 4.25. The van der Waals surface area contributed by atoms with Crippen molar-refractivity contribution >= 4 is 17.3 Å². The lowest BCUT2D eigenvalue weighted by Crippen LogP contribution is -2.32. The molecular weight excluding hydrogens is 234 g/mol. The second kappa shape index (κ2) is 5.48. The number of carbonyl (C=O) groups excluding carboxylic acids is 1. The molecule has 1 amide bonds. The van der Waals surface area contributed by atoms with Crippen molar-refractivity contribution in [3.63, 3.8) is 0 Å². The Bertz CT molecular complexity index is 472. The van der Waals surface area contributed by atoms with Gasteiger partial charge in [-0.05, 0) is 26.0 Å². The summed E-state index contributed by atoms with van der Waals surface area (Å²) in [7, 11) is 3.29. The predicted octanol–water partition coefficient (Wildman–Crippen LogP) is 2.12. The minimum Gasteiger partial charge on any atom is -0.383 e. The predicted molar refractivity (Wildman–Crippen MR) is 69.9 cm³/mol. The van der Waals surface area contributed by atoms with Crippen LogP contribution in [0.2, 0.25) is 0 Å². The summed E-state index contributed by atoms with van der Waals surface area (Å²) >= 11 is 0. The molecule has 1 aromatic carbocycles. The molecule has 18 heavy (non-hydrogen) atoms. The molecule has 0 aromatic heterocycles. The average molecular weight is 251 g/mol. The normalized spacial score (nSPS) is 10.3. The van der Waals surface area contributed by atoms with Gasteiger partial charge in [-0.3, -0.25) is 14.9 Å². The molecule has 0 saturated heterocycles. The molecule has 6 nitrogen and oxygen atoms in total. The number of nitro benzene ring substituents is 1. The van der Waals surface area contributed by atoms with Gasteiger partial charge in [0.2, 0.25) is 0 Å². The highest BCUT2D eigenvalue weighted by Crippen LogP contribution is 2.25. The first-order chi connectivity index (χ1) is 8.38. The number of benzene rings is 1. The lowest BCUT2D eigenvalue weighted by atomic mass is 10.1. The van der Waals surface area contributed by atoms with Gasteiger partial charge in [-0.25, -0.2) is 0 Å². The lowest BCUT2D eigenvalue weighted by molar-refractivity contribution is -0.383. The Kier molecular flexibility index (Phi) is 4.25. The lowest BCUT2D eigenvalue weighted by Gasteiger charge is -2.21. The zero-order chi connectivity index (χ0) is 13.9. The van der Waals surface area contributed by atoms with Crippen molar-refractivity contribution < 1.29 is 9.72 Å². The molecule has 0 aliphatic heterocycles. The third-order valence-corrected chi connectivity index (χ3v) is 2.80. The molecule has 0 fully saturated rings. The number of nitro groups is 1. The molecule has 0 atom stereocenters. The number of anilines is 1. The molecule has 1 aromatic rings. The van der Waals surface area contributed by atoms with Crippen molar-refractivity contribution in [2.24, 2.45) is 0 Å². The summed E-state index contributed by atoms with van der Waals surface area (Å²) in [5.74, 6) is -0.156. The van der Waals surface area contributed by atoms with E-state index >= 15 is 0 Å². The van der Waals surface area contributed by atoms with Crippen molar-refractivity contribution in [1.82, 2.24) is 4.90 Å². The molecule has 0 bridgehead atoms. The zero-order valence-electron chi connectivity index (χ0n) is 10.9. The van der Waals surface area contributed by atoms with Crippen LogP contribution in [0.25, 0.3) is 0 Å². The number of nitrogens with one attached hydrogen (secondary N) is 1. The fourth-order valence-electron chi connectivity index (χ4n) is 1.47. The van der Waals surface area contributed by atoms with Gasteiger partial charge in [-0.15, -0.1) is 0 Å². The maximum atomic E-state index is 12.1. The quantitative estimate of drug-likeness (QED) is 0.657. The fourth-order valence-corrected chi connectivity index (χ4v) is 1.47. The Balaban J connectivity index is 3.13. The van der Waals surface area contributed by atoms with Gasteiger partial charge >= 0.3 is 0 Å². The van der Waals surface area contributed by atoms with E-state index in [1.165, 1.54) is 18.2 Å². The standard InChI is InChI=1S/C12H17N3O3/c1-8(2)14(4)12(16)9-5-6-11(15(17)18)10(7-9)13-3/h5-8,13H,1-4H3. The van der Waals surface area contributed by atoms with Crippen molar-refractivity contribution in [1.29, 1.82) is 0 Å². The fraction of sp³-hybridized carbons (Fsp3) is 0.417. The first-order valence-corrected chi connectivity index (χ1v) is 5.61. The van der Waals surface area contributed by atoms with E-state index in [2.05, 4.69) is 5.32 Å². The van der Waals surface area contributed by atoms with E-state index < -0.39 is 4.92 Å². The van der Waals surface area contributed by atoms with Crippen LogP contribution < -0.4 is 5.32 Å². The third-order valence-electron chi connectivity index (χ3n) is 2.80. The SMILES string of the molecule is CNc1cc(C(=O)N(C)C(C)C)ccc1[N+](=O)[O-]. The van der Waals surface area contributed by atoms with Gasteiger partial charge in [0.05, 0.1) is 4.92 Å². The van der Waals surface area contributed by atoms with Gasteiger partial charge in [-0.2, -0.15) is 0 Å². The van der Waals surface area contributed by atoms with E-state index in [1.54, 1.807) is 19.0 Å². The first kappa shape index (κ1) is 14.0. The van der Waals surface area contributed by atoms with Crippen LogP contribution >= 0.6 is 0 Å². The monoisotopic (exact) mass is 251 g/mol.